The van der Waals surface area contributed by atoms with Gasteiger partial charge in [-0.25, -0.2) is 0 Å². The van der Waals surface area contributed by atoms with Gasteiger partial charge in [-0.3, -0.25) is 9.48 Å². The molecule has 0 bridgehead atoms. The first-order valence-corrected chi connectivity index (χ1v) is 3.72. The standard InChI is InChI=1S/C7H12N4O/c1-11-5-3-6(10-11)9-7(12)2-4-8/h3,5H,2,4,8H2,1H3,(H,9,10,12). The molecule has 12 heavy (non-hydrogen) atoms. The smallest absolute Gasteiger partial charge is 0.226 e. The second-order valence-electron chi connectivity index (χ2n) is 2.46. The van der Waals surface area contributed by atoms with Gasteiger partial charge in [0.1, 0.15) is 0 Å². The molecule has 1 heterocycles. The highest BCUT2D eigenvalue weighted by molar-refractivity contribution is 5.89. The van der Waals surface area contributed by atoms with Gasteiger partial charge in [-0.2, -0.15) is 5.10 Å². The Morgan fingerprint density at radius 3 is 3.08 bits per heavy atom. The highest BCUT2D eigenvalue weighted by Crippen LogP contribution is 2.00. The van der Waals surface area contributed by atoms with Gasteiger partial charge in [-0.15, -0.1) is 0 Å². The first-order chi connectivity index (χ1) is 5.72. The lowest BCUT2D eigenvalue weighted by Crippen LogP contribution is -2.16. The zero-order valence-corrected chi connectivity index (χ0v) is 6.95. The molecule has 1 amide bonds. The Morgan fingerprint density at radius 2 is 2.58 bits per heavy atom. The van der Waals surface area contributed by atoms with Crippen LogP contribution in [0.1, 0.15) is 6.42 Å². The van der Waals surface area contributed by atoms with Crippen LogP contribution in [0, 0.1) is 0 Å². The second-order valence-corrected chi connectivity index (χ2v) is 2.46. The summed E-state index contributed by atoms with van der Waals surface area (Å²) in [5.41, 5.74) is 5.20. The summed E-state index contributed by atoms with van der Waals surface area (Å²) in [6.45, 7) is 0.360. The van der Waals surface area contributed by atoms with Crippen molar-refractivity contribution in [2.45, 2.75) is 6.42 Å². The number of aryl methyl sites for hydroxylation is 1. The molecule has 0 aliphatic rings. The molecule has 5 heteroatoms. The molecule has 0 aliphatic carbocycles. The zero-order valence-electron chi connectivity index (χ0n) is 6.95. The Morgan fingerprint density at radius 1 is 1.83 bits per heavy atom. The molecule has 0 saturated carbocycles. The number of nitrogens with one attached hydrogen (secondary N) is 1. The van der Waals surface area contributed by atoms with Crippen molar-refractivity contribution in [3.63, 3.8) is 0 Å². The van der Waals surface area contributed by atoms with Crippen molar-refractivity contribution in [2.75, 3.05) is 11.9 Å². The predicted molar refractivity (Wildman–Crippen MR) is 45.5 cm³/mol. The Kier molecular flexibility index (Phi) is 2.82. The largest absolute Gasteiger partial charge is 0.330 e. The molecule has 3 N–H and O–H groups in total. The Labute approximate surface area is 70.5 Å². The normalized spacial score (nSPS) is 9.83. The summed E-state index contributed by atoms with van der Waals surface area (Å²) in [6.07, 6.45) is 2.09. The van der Waals surface area contributed by atoms with Crippen molar-refractivity contribution < 1.29 is 4.79 Å². The predicted octanol–water partition coefficient (Wildman–Crippen LogP) is -0.293. The topological polar surface area (TPSA) is 72.9 Å². The minimum Gasteiger partial charge on any atom is -0.330 e. The van der Waals surface area contributed by atoms with Crippen molar-refractivity contribution in [1.82, 2.24) is 9.78 Å². The van der Waals surface area contributed by atoms with Gasteiger partial charge in [-0.1, -0.05) is 0 Å². The molecule has 0 radical (unpaired) electrons. The molecule has 0 spiro atoms. The van der Waals surface area contributed by atoms with E-state index in [-0.39, 0.29) is 5.91 Å². The third-order valence-corrected chi connectivity index (χ3v) is 1.35. The summed E-state index contributed by atoms with van der Waals surface area (Å²) in [5, 5.41) is 6.59. The summed E-state index contributed by atoms with van der Waals surface area (Å²) < 4.78 is 1.62. The zero-order chi connectivity index (χ0) is 8.97. The Bertz CT molecular complexity index is 268. The van der Waals surface area contributed by atoms with Crippen LogP contribution >= 0.6 is 0 Å². The van der Waals surface area contributed by atoms with Crippen LogP contribution in [0.2, 0.25) is 0 Å². The van der Waals surface area contributed by atoms with E-state index in [0.29, 0.717) is 18.8 Å². The SMILES string of the molecule is Cn1ccc(NC(=O)CCN)n1. The summed E-state index contributed by atoms with van der Waals surface area (Å²) in [7, 11) is 1.79. The Hall–Kier alpha value is -1.36. The van der Waals surface area contributed by atoms with E-state index < -0.39 is 0 Å². The molecular formula is C7H12N4O. The molecule has 5 nitrogen and oxygen atoms in total. The third kappa shape index (κ3) is 2.35. The number of anilines is 1. The fourth-order valence-electron chi connectivity index (χ4n) is 0.818. The van der Waals surface area contributed by atoms with E-state index >= 15 is 0 Å². The van der Waals surface area contributed by atoms with Crippen molar-refractivity contribution in [3.8, 4) is 0 Å². The third-order valence-electron chi connectivity index (χ3n) is 1.35. The molecule has 0 unspecified atom stereocenters. The van der Waals surface area contributed by atoms with Crippen LogP contribution in [0.3, 0.4) is 0 Å². The van der Waals surface area contributed by atoms with E-state index in [1.807, 2.05) is 0 Å². The number of nitrogens with zero attached hydrogens (tertiary/aromatic N) is 2. The van der Waals surface area contributed by atoms with Crippen LogP contribution < -0.4 is 11.1 Å². The van der Waals surface area contributed by atoms with E-state index in [1.54, 1.807) is 24.0 Å². The first kappa shape index (κ1) is 8.73. The van der Waals surface area contributed by atoms with Crippen LogP contribution in [0.25, 0.3) is 0 Å². The number of carbonyl (C=O) groups excluding carboxylic acids is 1. The number of hydrogen-bond acceptors (Lipinski definition) is 3. The van der Waals surface area contributed by atoms with Crippen molar-refractivity contribution in [1.29, 1.82) is 0 Å². The molecule has 0 aromatic carbocycles. The second kappa shape index (κ2) is 3.87. The summed E-state index contributed by atoms with van der Waals surface area (Å²) in [4.78, 5) is 11.0. The first-order valence-electron chi connectivity index (χ1n) is 3.72. The maximum absolute atomic E-state index is 11.0. The van der Waals surface area contributed by atoms with E-state index in [2.05, 4.69) is 10.4 Å². The lowest BCUT2D eigenvalue weighted by molar-refractivity contribution is -0.116. The Balaban J connectivity index is 2.46. The van der Waals surface area contributed by atoms with Gasteiger partial charge in [0.25, 0.3) is 0 Å². The lowest BCUT2D eigenvalue weighted by Gasteiger charge is -1.98. The molecular weight excluding hydrogens is 156 g/mol. The fraction of sp³-hybridized carbons (Fsp3) is 0.429. The summed E-state index contributed by atoms with van der Waals surface area (Å²) in [6, 6.07) is 1.73. The van der Waals surface area contributed by atoms with Gasteiger partial charge in [0, 0.05) is 32.3 Å². The van der Waals surface area contributed by atoms with Crippen LogP contribution in [-0.2, 0) is 11.8 Å². The van der Waals surface area contributed by atoms with Gasteiger partial charge < -0.3 is 11.1 Å². The molecule has 66 valence electrons. The van der Waals surface area contributed by atoms with Crippen molar-refractivity contribution in [3.05, 3.63) is 12.3 Å². The van der Waals surface area contributed by atoms with Gasteiger partial charge in [0.15, 0.2) is 5.82 Å². The van der Waals surface area contributed by atoms with Crippen LogP contribution in [0.15, 0.2) is 12.3 Å². The maximum atomic E-state index is 11.0. The van der Waals surface area contributed by atoms with E-state index in [1.165, 1.54) is 0 Å². The van der Waals surface area contributed by atoms with Gasteiger partial charge in [0.2, 0.25) is 5.91 Å². The monoisotopic (exact) mass is 168 g/mol. The number of hydrogen-bond donors (Lipinski definition) is 2. The molecule has 1 rings (SSSR count). The van der Waals surface area contributed by atoms with Crippen molar-refractivity contribution >= 4 is 11.7 Å². The molecule has 0 fully saturated rings. The molecule has 0 saturated heterocycles. The van der Waals surface area contributed by atoms with Crippen LogP contribution in [-0.4, -0.2) is 22.2 Å². The van der Waals surface area contributed by atoms with Crippen molar-refractivity contribution in [2.24, 2.45) is 12.8 Å². The van der Waals surface area contributed by atoms with E-state index in [0.717, 1.165) is 0 Å². The maximum Gasteiger partial charge on any atom is 0.226 e. The summed E-state index contributed by atoms with van der Waals surface area (Å²) >= 11 is 0. The van der Waals surface area contributed by atoms with Gasteiger partial charge in [0.05, 0.1) is 0 Å². The average molecular weight is 168 g/mol. The lowest BCUT2D eigenvalue weighted by atomic mass is 10.4. The highest BCUT2D eigenvalue weighted by atomic mass is 16.1. The number of amides is 1. The van der Waals surface area contributed by atoms with Crippen LogP contribution in [0.5, 0.6) is 0 Å². The number of aromatic nitrogens is 2. The molecule has 1 aromatic heterocycles. The van der Waals surface area contributed by atoms with Crippen LogP contribution in [0.4, 0.5) is 5.82 Å². The average Bonchev–Trinajstić information content (AvgIpc) is 2.36. The molecule has 1 aromatic rings. The summed E-state index contributed by atoms with van der Waals surface area (Å²) in [5.74, 6) is 0.465. The minimum absolute atomic E-state index is 0.101. The fourth-order valence-corrected chi connectivity index (χ4v) is 0.818. The number of rotatable bonds is 3. The quantitative estimate of drug-likeness (QED) is 0.651. The van der Waals surface area contributed by atoms with Gasteiger partial charge >= 0.3 is 0 Å². The molecule has 0 aliphatic heterocycles. The highest BCUT2D eigenvalue weighted by Gasteiger charge is 2.01. The van der Waals surface area contributed by atoms with E-state index in [9.17, 15) is 4.79 Å². The van der Waals surface area contributed by atoms with Gasteiger partial charge in [-0.05, 0) is 0 Å². The minimum atomic E-state index is -0.101. The molecule has 0 atom stereocenters. The number of carbonyl (C=O) groups is 1. The number of nitrogens with two attached hydrogens (primary N) is 1. The van der Waals surface area contributed by atoms with E-state index in [4.69, 9.17) is 5.73 Å².